The summed E-state index contributed by atoms with van der Waals surface area (Å²) < 4.78 is 10.8. The second-order valence-corrected chi connectivity index (χ2v) is 6.64. The number of nitrogens with zero attached hydrogens (tertiary/aromatic N) is 2. The van der Waals surface area contributed by atoms with Crippen LogP contribution < -0.4 is 14.8 Å². The third-order valence-corrected chi connectivity index (χ3v) is 4.74. The largest absolute Gasteiger partial charge is 0.454 e. The average Bonchev–Trinajstić information content (AvgIpc) is 3.33. The molecule has 2 aromatic heterocycles. The smallest absolute Gasteiger partial charge is 0.231 e. The molecule has 0 unspecified atom stereocenters. The number of hydrogen-bond donors (Lipinski definition) is 2. The van der Waals surface area contributed by atoms with Crippen LogP contribution in [0.1, 0.15) is 5.56 Å². The molecule has 0 bridgehead atoms. The van der Waals surface area contributed by atoms with Crippen molar-refractivity contribution in [3.63, 3.8) is 0 Å². The van der Waals surface area contributed by atoms with Gasteiger partial charge in [-0.2, -0.15) is 0 Å². The van der Waals surface area contributed by atoms with Gasteiger partial charge in [-0.1, -0.05) is 29.8 Å². The zero-order valence-electron chi connectivity index (χ0n) is 14.2. The van der Waals surface area contributed by atoms with Crippen LogP contribution in [0.3, 0.4) is 0 Å². The Morgan fingerprint density at radius 2 is 2.00 bits per heavy atom. The molecule has 27 heavy (non-hydrogen) atoms. The Hall–Kier alpha value is -3.25. The summed E-state index contributed by atoms with van der Waals surface area (Å²) in [5, 5.41) is 5.03. The Bertz CT molecular complexity index is 1140. The van der Waals surface area contributed by atoms with Gasteiger partial charge in [0.1, 0.15) is 17.8 Å². The first-order valence-electron chi connectivity index (χ1n) is 8.48. The predicted octanol–water partition coefficient (Wildman–Crippen LogP) is 4.62. The van der Waals surface area contributed by atoms with Gasteiger partial charge in [-0.25, -0.2) is 9.97 Å². The van der Waals surface area contributed by atoms with Crippen LogP contribution >= 0.6 is 11.6 Å². The van der Waals surface area contributed by atoms with Crippen LogP contribution in [0, 0.1) is 0 Å². The van der Waals surface area contributed by atoms with Gasteiger partial charge in [0, 0.05) is 23.3 Å². The average molecular weight is 379 g/mol. The van der Waals surface area contributed by atoms with Crippen LogP contribution in [-0.4, -0.2) is 21.7 Å². The number of aromatic nitrogens is 3. The lowest BCUT2D eigenvalue weighted by Gasteiger charge is -2.09. The number of aromatic amines is 1. The Morgan fingerprint density at radius 1 is 1.07 bits per heavy atom. The van der Waals surface area contributed by atoms with Crippen LogP contribution in [0.15, 0.2) is 55.0 Å². The van der Waals surface area contributed by atoms with Crippen LogP contribution in [0.2, 0.25) is 5.02 Å². The van der Waals surface area contributed by atoms with Crippen molar-refractivity contribution >= 4 is 28.5 Å². The number of halogens is 1. The minimum Gasteiger partial charge on any atom is -0.454 e. The number of nitrogens with one attached hydrogen (secondary N) is 2. The molecule has 0 amide bonds. The minimum absolute atomic E-state index is 0.269. The Labute approximate surface area is 160 Å². The Balaban J connectivity index is 1.49. The minimum atomic E-state index is 0.269. The number of H-pyrrole nitrogens is 1. The van der Waals surface area contributed by atoms with E-state index in [2.05, 4.69) is 20.3 Å². The van der Waals surface area contributed by atoms with E-state index in [4.69, 9.17) is 21.1 Å². The van der Waals surface area contributed by atoms with Gasteiger partial charge in [0.05, 0.1) is 5.39 Å². The second-order valence-electron chi connectivity index (χ2n) is 6.20. The van der Waals surface area contributed by atoms with Crippen molar-refractivity contribution < 1.29 is 9.47 Å². The fourth-order valence-electron chi connectivity index (χ4n) is 3.22. The first kappa shape index (κ1) is 16.0. The van der Waals surface area contributed by atoms with Crippen molar-refractivity contribution in [1.29, 1.82) is 0 Å². The Kier molecular flexibility index (Phi) is 3.83. The maximum absolute atomic E-state index is 6.16. The molecule has 0 aliphatic carbocycles. The summed E-state index contributed by atoms with van der Waals surface area (Å²) in [5.74, 6) is 2.30. The zero-order valence-corrected chi connectivity index (χ0v) is 15.0. The molecule has 2 N–H and O–H groups in total. The number of benzene rings is 2. The second kappa shape index (κ2) is 6.48. The molecule has 0 atom stereocenters. The molecular formula is C20H15ClN4O2. The molecule has 0 saturated carbocycles. The van der Waals surface area contributed by atoms with Gasteiger partial charge in [-0.05, 0) is 35.4 Å². The quantitative estimate of drug-likeness (QED) is 0.542. The van der Waals surface area contributed by atoms with Crippen LogP contribution in [0.5, 0.6) is 11.5 Å². The molecule has 134 valence electrons. The summed E-state index contributed by atoms with van der Waals surface area (Å²) in [5.41, 5.74) is 3.86. The van der Waals surface area contributed by atoms with E-state index in [1.807, 2.05) is 48.7 Å². The maximum Gasteiger partial charge on any atom is 0.231 e. The van der Waals surface area contributed by atoms with Crippen LogP contribution in [-0.2, 0) is 6.54 Å². The van der Waals surface area contributed by atoms with Crippen molar-refractivity contribution in [3.05, 3.63) is 65.6 Å². The van der Waals surface area contributed by atoms with Crippen molar-refractivity contribution in [2.24, 2.45) is 0 Å². The molecule has 1 aliphatic rings. The van der Waals surface area contributed by atoms with Gasteiger partial charge in [0.25, 0.3) is 0 Å². The summed E-state index contributed by atoms with van der Waals surface area (Å²) in [6.07, 6.45) is 3.47. The SMILES string of the molecule is Clc1cccc(-c2c[nH]c3ncnc(NCc4ccc5c(c4)OCO5)c23)c1. The van der Waals surface area contributed by atoms with Gasteiger partial charge in [-0.3, -0.25) is 0 Å². The van der Waals surface area contributed by atoms with Crippen molar-refractivity contribution in [2.75, 3.05) is 12.1 Å². The molecule has 0 saturated heterocycles. The number of anilines is 1. The topological polar surface area (TPSA) is 72.1 Å². The van der Waals surface area contributed by atoms with Gasteiger partial charge in [0.15, 0.2) is 11.5 Å². The lowest BCUT2D eigenvalue weighted by Crippen LogP contribution is -2.02. The fourth-order valence-corrected chi connectivity index (χ4v) is 3.41. The van der Waals surface area contributed by atoms with Crippen molar-refractivity contribution in [3.8, 4) is 22.6 Å². The standard InChI is InChI=1S/C20H15ClN4O2/c21-14-3-1-2-13(7-14)15-9-23-20-18(15)19(24-10-25-20)22-8-12-4-5-16-17(6-12)27-11-26-16/h1-7,9-10H,8,11H2,(H2,22,23,24,25). The highest BCUT2D eigenvalue weighted by atomic mass is 35.5. The van der Waals surface area contributed by atoms with Gasteiger partial charge in [-0.15, -0.1) is 0 Å². The number of hydrogen-bond acceptors (Lipinski definition) is 5. The molecule has 2 aromatic carbocycles. The van der Waals surface area contributed by atoms with Crippen LogP contribution in [0.4, 0.5) is 5.82 Å². The summed E-state index contributed by atoms with van der Waals surface area (Å²) in [4.78, 5) is 12.0. The third-order valence-electron chi connectivity index (χ3n) is 4.50. The molecule has 0 radical (unpaired) electrons. The van der Waals surface area contributed by atoms with Crippen molar-refractivity contribution in [2.45, 2.75) is 6.54 Å². The normalized spacial score (nSPS) is 12.5. The van der Waals surface area contributed by atoms with E-state index in [9.17, 15) is 0 Å². The molecule has 6 nitrogen and oxygen atoms in total. The molecular weight excluding hydrogens is 364 g/mol. The zero-order chi connectivity index (χ0) is 18.2. The van der Waals surface area contributed by atoms with E-state index >= 15 is 0 Å². The molecule has 1 aliphatic heterocycles. The number of rotatable bonds is 4. The monoisotopic (exact) mass is 378 g/mol. The maximum atomic E-state index is 6.16. The van der Waals surface area contributed by atoms with E-state index in [-0.39, 0.29) is 6.79 Å². The molecule has 5 rings (SSSR count). The summed E-state index contributed by atoms with van der Waals surface area (Å²) >= 11 is 6.16. The van der Waals surface area contributed by atoms with Crippen LogP contribution in [0.25, 0.3) is 22.2 Å². The lowest BCUT2D eigenvalue weighted by molar-refractivity contribution is 0.174. The number of ether oxygens (including phenoxy) is 2. The van der Waals surface area contributed by atoms with Gasteiger partial charge < -0.3 is 19.8 Å². The summed E-state index contributed by atoms with van der Waals surface area (Å²) in [6, 6.07) is 13.6. The van der Waals surface area contributed by atoms with E-state index in [0.29, 0.717) is 11.6 Å². The molecule has 4 aromatic rings. The molecule has 7 heteroatoms. The van der Waals surface area contributed by atoms with E-state index < -0.39 is 0 Å². The predicted molar refractivity (Wildman–Crippen MR) is 104 cm³/mol. The summed E-state index contributed by atoms with van der Waals surface area (Å²) in [6.45, 7) is 0.869. The summed E-state index contributed by atoms with van der Waals surface area (Å²) in [7, 11) is 0. The van der Waals surface area contributed by atoms with Gasteiger partial charge >= 0.3 is 0 Å². The van der Waals surface area contributed by atoms with Gasteiger partial charge in [0.2, 0.25) is 6.79 Å². The van der Waals surface area contributed by atoms with E-state index in [1.165, 1.54) is 0 Å². The highest BCUT2D eigenvalue weighted by molar-refractivity contribution is 6.31. The first-order chi connectivity index (χ1) is 13.3. The first-order valence-corrected chi connectivity index (χ1v) is 8.86. The molecule has 3 heterocycles. The highest BCUT2D eigenvalue weighted by Crippen LogP contribution is 2.34. The lowest BCUT2D eigenvalue weighted by atomic mass is 10.1. The third kappa shape index (κ3) is 2.94. The fraction of sp³-hybridized carbons (Fsp3) is 0.100. The number of fused-ring (bicyclic) bond motifs is 2. The van der Waals surface area contributed by atoms with E-state index in [1.54, 1.807) is 6.33 Å². The van der Waals surface area contributed by atoms with E-state index in [0.717, 1.165) is 45.0 Å². The molecule has 0 spiro atoms. The highest BCUT2D eigenvalue weighted by Gasteiger charge is 2.15. The van der Waals surface area contributed by atoms with Crippen molar-refractivity contribution in [1.82, 2.24) is 15.0 Å². The molecule has 0 fully saturated rings. The Morgan fingerprint density at radius 3 is 2.93 bits per heavy atom.